The van der Waals surface area contributed by atoms with Gasteiger partial charge in [-0.05, 0) is 105 Å². The van der Waals surface area contributed by atoms with Gasteiger partial charge < -0.3 is 13.9 Å². The van der Waals surface area contributed by atoms with E-state index in [9.17, 15) is 0 Å². The van der Waals surface area contributed by atoms with E-state index in [4.69, 9.17) is 4.42 Å². The van der Waals surface area contributed by atoms with E-state index in [1.807, 2.05) is 0 Å². The molecule has 0 aliphatic rings. The zero-order valence-corrected chi connectivity index (χ0v) is 32.1. The highest BCUT2D eigenvalue weighted by Crippen LogP contribution is 2.46. The van der Waals surface area contributed by atoms with E-state index < -0.39 is 0 Å². The monoisotopic (exact) mass is 752 g/mol. The second-order valence-corrected chi connectivity index (χ2v) is 15.3. The highest BCUT2D eigenvalue weighted by molar-refractivity contribution is 6.20. The lowest BCUT2D eigenvalue weighted by Gasteiger charge is -2.27. The van der Waals surface area contributed by atoms with Gasteiger partial charge in [0.2, 0.25) is 0 Å². The first-order chi connectivity index (χ1) is 29.3. The third-order valence-electron chi connectivity index (χ3n) is 12.0. The fourth-order valence-electron chi connectivity index (χ4n) is 9.34. The van der Waals surface area contributed by atoms with Crippen LogP contribution in [0.3, 0.4) is 0 Å². The van der Waals surface area contributed by atoms with Crippen LogP contribution in [-0.2, 0) is 0 Å². The molecule has 0 saturated heterocycles. The fraction of sp³-hybridized carbons (Fsp3) is 0. The third kappa shape index (κ3) is 5.29. The largest absolute Gasteiger partial charge is 0.455 e. The molecule has 10 aromatic carbocycles. The summed E-state index contributed by atoms with van der Waals surface area (Å²) in [7, 11) is 0. The maximum atomic E-state index is 6.74. The van der Waals surface area contributed by atoms with Crippen LogP contribution in [0.4, 0.5) is 17.1 Å². The van der Waals surface area contributed by atoms with E-state index in [0.717, 1.165) is 61.0 Å². The maximum absolute atomic E-state index is 6.74. The standard InChI is InChI=1S/C56H36N2O/c1-2-18-41(19-3-1)58-50-26-9-8-23-48(50)54-46(25-12-27-51(54)58)40-17-10-20-43(36-40)57(42-33-30-39(31-34-42)45-24-11-16-37-14-4-6-21-44(37)45)52-28-13-29-53-55(52)49-35-32-38-15-5-7-22-47(38)56(49)59-53/h1-36H. The highest BCUT2D eigenvalue weighted by Gasteiger charge is 2.22. The molecule has 12 rings (SSSR count). The van der Waals surface area contributed by atoms with Crippen LogP contribution in [0.5, 0.6) is 0 Å². The molecule has 3 heteroatoms. The predicted molar refractivity (Wildman–Crippen MR) is 249 cm³/mol. The number of aromatic nitrogens is 1. The van der Waals surface area contributed by atoms with Crippen LogP contribution in [0.1, 0.15) is 0 Å². The van der Waals surface area contributed by atoms with Gasteiger partial charge in [-0.3, -0.25) is 0 Å². The van der Waals surface area contributed by atoms with E-state index in [0.29, 0.717) is 0 Å². The zero-order chi connectivity index (χ0) is 38.9. The summed E-state index contributed by atoms with van der Waals surface area (Å²) in [5.74, 6) is 0. The van der Waals surface area contributed by atoms with Crippen molar-refractivity contribution in [3.8, 4) is 27.9 Å². The molecule has 0 radical (unpaired) electrons. The summed E-state index contributed by atoms with van der Waals surface area (Å²) in [5, 5.41) is 9.42. The Balaban J connectivity index is 1.08. The smallest absolute Gasteiger partial charge is 0.143 e. The molecule has 0 saturated carbocycles. The molecule has 0 N–H and O–H groups in total. The van der Waals surface area contributed by atoms with E-state index in [1.165, 1.54) is 49.3 Å². The van der Waals surface area contributed by atoms with Crippen LogP contribution in [-0.4, -0.2) is 4.57 Å². The summed E-state index contributed by atoms with van der Waals surface area (Å²) in [6, 6.07) is 78.7. The van der Waals surface area contributed by atoms with Crippen LogP contribution >= 0.6 is 0 Å². The SMILES string of the molecule is c1ccc(-n2c3ccccc3c3c(-c4cccc(N(c5ccc(-c6cccc7ccccc67)cc5)c5cccc6oc7c8ccccc8ccc7c56)c4)cccc32)cc1. The Labute approximate surface area is 341 Å². The van der Waals surface area contributed by atoms with Gasteiger partial charge in [0, 0.05) is 38.6 Å². The predicted octanol–water partition coefficient (Wildman–Crippen LogP) is 15.8. The average Bonchev–Trinajstić information content (AvgIpc) is 3.87. The molecule has 2 heterocycles. The van der Waals surface area contributed by atoms with Crippen molar-refractivity contribution < 1.29 is 4.42 Å². The molecule has 3 nitrogen and oxygen atoms in total. The van der Waals surface area contributed by atoms with Gasteiger partial charge in [-0.25, -0.2) is 0 Å². The molecule has 0 atom stereocenters. The van der Waals surface area contributed by atoms with Crippen LogP contribution in [0.15, 0.2) is 223 Å². The van der Waals surface area contributed by atoms with E-state index in [2.05, 4.69) is 228 Å². The van der Waals surface area contributed by atoms with E-state index >= 15 is 0 Å². The minimum absolute atomic E-state index is 0.862. The van der Waals surface area contributed by atoms with Crippen molar-refractivity contribution in [1.29, 1.82) is 0 Å². The number of rotatable bonds is 6. The molecule has 276 valence electrons. The van der Waals surface area contributed by atoms with Gasteiger partial charge in [0.25, 0.3) is 0 Å². The number of hydrogen-bond donors (Lipinski definition) is 0. The third-order valence-corrected chi connectivity index (χ3v) is 12.0. The Kier molecular flexibility index (Phi) is 7.54. The Hall–Kier alpha value is -7.88. The first kappa shape index (κ1) is 33.3. The second-order valence-electron chi connectivity index (χ2n) is 15.3. The lowest BCUT2D eigenvalue weighted by atomic mass is 9.97. The number of fused-ring (bicyclic) bond motifs is 9. The number of para-hydroxylation sites is 2. The van der Waals surface area contributed by atoms with Crippen LogP contribution < -0.4 is 4.90 Å². The highest BCUT2D eigenvalue weighted by atomic mass is 16.3. The quantitative estimate of drug-likeness (QED) is 0.169. The van der Waals surface area contributed by atoms with Gasteiger partial charge in [-0.15, -0.1) is 0 Å². The molecule has 0 amide bonds. The lowest BCUT2D eigenvalue weighted by Crippen LogP contribution is -2.10. The minimum Gasteiger partial charge on any atom is -0.455 e. The first-order valence-electron chi connectivity index (χ1n) is 20.2. The molecule has 0 bridgehead atoms. The average molecular weight is 753 g/mol. The van der Waals surface area contributed by atoms with Crippen LogP contribution in [0, 0.1) is 0 Å². The topological polar surface area (TPSA) is 21.3 Å². The maximum Gasteiger partial charge on any atom is 0.143 e. The Morgan fingerprint density at radius 2 is 1.03 bits per heavy atom. The number of furan rings is 1. The van der Waals surface area contributed by atoms with Crippen molar-refractivity contribution in [1.82, 2.24) is 4.57 Å². The zero-order valence-electron chi connectivity index (χ0n) is 32.1. The molecule has 59 heavy (non-hydrogen) atoms. The van der Waals surface area contributed by atoms with Crippen molar-refractivity contribution in [2.24, 2.45) is 0 Å². The fourth-order valence-corrected chi connectivity index (χ4v) is 9.34. The van der Waals surface area contributed by atoms with Gasteiger partial charge in [0.1, 0.15) is 11.2 Å². The molecular weight excluding hydrogens is 717 g/mol. The lowest BCUT2D eigenvalue weighted by molar-refractivity contribution is 0.672. The number of anilines is 3. The normalized spacial score (nSPS) is 11.7. The summed E-state index contributed by atoms with van der Waals surface area (Å²) in [5.41, 5.74) is 13.2. The van der Waals surface area contributed by atoms with Crippen molar-refractivity contribution >= 4 is 82.4 Å². The van der Waals surface area contributed by atoms with E-state index in [1.54, 1.807) is 0 Å². The van der Waals surface area contributed by atoms with Gasteiger partial charge in [-0.1, -0.05) is 152 Å². The Bertz CT molecular complexity index is 3550. The molecule has 0 spiro atoms. The summed E-state index contributed by atoms with van der Waals surface area (Å²) in [6.45, 7) is 0. The van der Waals surface area contributed by atoms with Crippen molar-refractivity contribution in [2.45, 2.75) is 0 Å². The molecule has 12 aromatic rings. The molecular formula is C56H36N2O. The van der Waals surface area contributed by atoms with E-state index in [-0.39, 0.29) is 0 Å². The van der Waals surface area contributed by atoms with Crippen LogP contribution in [0.25, 0.3) is 93.2 Å². The Morgan fingerprint density at radius 1 is 0.373 bits per heavy atom. The minimum atomic E-state index is 0.862. The van der Waals surface area contributed by atoms with Crippen molar-refractivity contribution in [3.05, 3.63) is 218 Å². The van der Waals surface area contributed by atoms with Crippen molar-refractivity contribution in [2.75, 3.05) is 4.90 Å². The Morgan fingerprint density at radius 3 is 1.90 bits per heavy atom. The molecule has 2 aromatic heterocycles. The number of nitrogens with zero attached hydrogens (tertiary/aromatic N) is 2. The van der Waals surface area contributed by atoms with Gasteiger partial charge in [0.05, 0.1) is 22.1 Å². The molecule has 0 aliphatic carbocycles. The molecule has 0 aliphatic heterocycles. The number of hydrogen-bond acceptors (Lipinski definition) is 2. The van der Waals surface area contributed by atoms with Gasteiger partial charge >= 0.3 is 0 Å². The number of benzene rings is 10. The first-order valence-corrected chi connectivity index (χ1v) is 20.2. The van der Waals surface area contributed by atoms with Gasteiger partial charge in [0.15, 0.2) is 0 Å². The molecule has 0 fully saturated rings. The summed E-state index contributed by atoms with van der Waals surface area (Å²) >= 11 is 0. The summed E-state index contributed by atoms with van der Waals surface area (Å²) < 4.78 is 9.12. The summed E-state index contributed by atoms with van der Waals surface area (Å²) in [6.07, 6.45) is 0. The van der Waals surface area contributed by atoms with Gasteiger partial charge in [-0.2, -0.15) is 0 Å². The second kappa shape index (κ2) is 13.4. The van der Waals surface area contributed by atoms with Crippen LogP contribution in [0.2, 0.25) is 0 Å². The molecule has 0 unspecified atom stereocenters. The summed E-state index contributed by atoms with van der Waals surface area (Å²) in [4.78, 5) is 2.40. The van der Waals surface area contributed by atoms with Crippen molar-refractivity contribution in [3.63, 3.8) is 0 Å².